The van der Waals surface area contributed by atoms with Crippen molar-refractivity contribution in [3.05, 3.63) is 157 Å². The molecule has 6 aromatic carbocycles. The smallest absolute Gasteiger partial charge is 0.656 e. The number of pyridine rings is 1. The fraction of sp³-hybridized carbons (Fsp3) is 0.0233. The molecule has 5 nitrogen and oxygen atoms in total. The molecule has 0 saturated heterocycles. The molecule has 234 valence electrons. The molecular weight excluding hydrogens is 782 g/mol. The van der Waals surface area contributed by atoms with Gasteiger partial charge in [0.15, 0.2) is 0 Å². The molecule has 0 amide bonds. The second-order valence-electron chi connectivity index (χ2n) is 12.0. The molecular formula is C43H27N5Pt. The number of aryl methyl sites for hydroxylation is 1. The van der Waals surface area contributed by atoms with Crippen molar-refractivity contribution in [1.29, 1.82) is 0 Å². The Morgan fingerprint density at radius 2 is 1.41 bits per heavy atom. The van der Waals surface area contributed by atoms with Crippen LogP contribution in [0.15, 0.2) is 146 Å². The number of nitrogens with zero attached hydrogens (tertiary/aromatic N) is 5. The van der Waals surface area contributed by atoms with Crippen molar-refractivity contribution in [3.8, 4) is 34.0 Å². The van der Waals surface area contributed by atoms with E-state index in [1.165, 1.54) is 0 Å². The van der Waals surface area contributed by atoms with Crippen LogP contribution in [0.25, 0.3) is 88.7 Å². The predicted molar refractivity (Wildman–Crippen MR) is 196 cm³/mol. The summed E-state index contributed by atoms with van der Waals surface area (Å²) in [5.41, 5.74) is 9.39. The minimum absolute atomic E-state index is 0. The fourth-order valence-corrected chi connectivity index (χ4v) is 7.15. The van der Waals surface area contributed by atoms with E-state index < -0.39 is 6.85 Å². The zero-order chi connectivity index (χ0) is 34.3. The summed E-state index contributed by atoms with van der Waals surface area (Å²) in [5, 5.41) is 4.25. The molecule has 0 radical (unpaired) electrons. The summed E-state index contributed by atoms with van der Waals surface area (Å²) in [6.45, 7) is -2.26. The van der Waals surface area contributed by atoms with Gasteiger partial charge in [-0.25, -0.2) is 9.97 Å². The molecule has 4 aromatic heterocycles. The second-order valence-corrected chi connectivity index (χ2v) is 12.0. The van der Waals surface area contributed by atoms with Crippen LogP contribution in [0.1, 0.15) is 9.68 Å². The summed E-state index contributed by atoms with van der Waals surface area (Å²) in [5.74, 6) is 1.33. The standard InChI is InChI=1S/C43H27N5.Pt/c1-27-23-24-44-40(25-27)48-37-19-8-6-14-32(37)33-22-21-28(26-39(33)48)30-15-10-20-38-42(30)46-43(47(38)29-11-3-2-4-12-29)35-17-9-16-34-31-13-5-7-18-36(31)45-41(34)35;/h2-25H,1H3;/q-2;+2/i1D3;. The summed E-state index contributed by atoms with van der Waals surface area (Å²) in [6, 6.07) is 50.3. The molecule has 6 heteroatoms. The van der Waals surface area contributed by atoms with Crippen LogP contribution in [0.3, 0.4) is 0 Å². The third-order valence-electron chi connectivity index (χ3n) is 9.25. The van der Waals surface area contributed by atoms with Gasteiger partial charge in [-0.1, -0.05) is 102 Å². The zero-order valence-corrected chi connectivity index (χ0v) is 28.2. The number of hydrogen-bond donors (Lipinski definition) is 0. The van der Waals surface area contributed by atoms with Crippen LogP contribution in [-0.2, 0) is 21.1 Å². The molecule has 0 fully saturated rings. The molecule has 10 rings (SSSR count). The summed E-state index contributed by atoms with van der Waals surface area (Å²) >= 11 is 0. The Balaban J connectivity index is 0.00000360. The Morgan fingerprint density at radius 3 is 2.31 bits per heavy atom. The van der Waals surface area contributed by atoms with E-state index in [0.717, 1.165) is 82.8 Å². The maximum Gasteiger partial charge on any atom is 2.00 e. The molecule has 0 aliphatic rings. The summed E-state index contributed by atoms with van der Waals surface area (Å²) in [6.07, 6.45) is 1.56. The van der Waals surface area contributed by atoms with Gasteiger partial charge in [-0.2, -0.15) is 0 Å². The van der Waals surface area contributed by atoms with Gasteiger partial charge in [0.05, 0.1) is 11.0 Å². The van der Waals surface area contributed by atoms with Crippen LogP contribution in [0.4, 0.5) is 0 Å². The van der Waals surface area contributed by atoms with E-state index in [1.54, 1.807) is 18.3 Å². The van der Waals surface area contributed by atoms with Crippen LogP contribution in [0, 0.1) is 12.9 Å². The van der Waals surface area contributed by atoms with E-state index in [2.05, 4.69) is 101 Å². The Hall–Kier alpha value is -5.77. The quantitative estimate of drug-likeness (QED) is 0.166. The Bertz CT molecular complexity index is 2980. The minimum atomic E-state index is -2.26. The molecule has 4 heterocycles. The van der Waals surface area contributed by atoms with Crippen LogP contribution >= 0.6 is 0 Å². The molecule has 49 heavy (non-hydrogen) atoms. The molecule has 0 atom stereocenters. The first kappa shape index (κ1) is 26.2. The number of imidazole rings is 1. The van der Waals surface area contributed by atoms with Gasteiger partial charge in [0.25, 0.3) is 0 Å². The molecule has 0 unspecified atom stereocenters. The van der Waals surface area contributed by atoms with Crippen molar-refractivity contribution in [1.82, 2.24) is 24.1 Å². The zero-order valence-electron chi connectivity index (χ0n) is 28.9. The third kappa shape index (κ3) is 4.50. The Morgan fingerprint density at radius 1 is 0.653 bits per heavy atom. The molecule has 0 bridgehead atoms. The van der Waals surface area contributed by atoms with Gasteiger partial charge >= 0.3 is 21.1 Å². The first-order valence-electron chi connectivity index (χ1n) is 17.4. The van der Waals surface area contributed by atoms with Crippen LogP contribution in [-0.4, -0.2) is 19.1 Å². The first-order chi connectivity index (χ1) is 24.9. The molecule has 10 aromatic rings. The number of rotatable bonds is 4. The van der Waals surface area contributed by atoms with Gasteiger partial charge in [-0.05, 0) is 70.5 Å². The normalized spacial score (nSPS) is 12.8. The SMILES string of the molecule is [2H]C([2H])([2H])c1ccnc(-n2c3[c-]c(-c4cccc5c4nc(-c4cccc6c4[n-]c4ccccc46)n5-c4ccccc4)ccc3c3ccccc32)c1.[Pt+2]. The van der Waals surface area contributed by atoms with Crippen molar-refractivity contribution < 1.29 is 25.2 Å². The van der Waals surface area contributed by atoms with Crippen LogP contribution in [0.5, 0.6) is 0 Å². The second kappa shape index (κ2) is 11.4. The summed E-state index contributed by atoms with van der Waals surface area (Å²) < 4.78 is 28.3. The van der Waals surface area contributed by atoms with E-state index in [0.29, 0.717) is 5.82 Å². The van der Waals surface area contributed by atoms with Crippen molar-refractivity contribution in [2.24, 2.45) is 0 Å². The molecule has 0 spiro atoms. The molecule has 0 aliphatic carbocycles. The van der Waals surface area contributed by atoms with E-state index in [-0.39, 0.29) is 26.6 Å². The third-order valence-corrected chi connectivity index (χ3v) is 9.25. The number of aromatic nitrogens is 5. The van der Waals surface area contributed by atoms with Gasteiger partial charge in [0.2, 0.25) is 0 Å². The van der Waals surface area contributed by atoms with Gasteiger partial charge in [-0.3, -0.25) is 4.57 Å². The molecule has 0 saturated carbocycles. The fourth-order valence-electron chi connectivity index (χ4n) is 7.15. The van der Waals surface area contributed by atoms with Crippen LogP contribution < -0.4 is 4.98 Å². The predicted octanol–water partition coefficient (Wildman–Crippen LogP) is 10.2. The van der Waals surface area contributed by atoms with Crippen molar-refractivity contribution in [2.45, 2.75) is 6.85 Å². The van der Waals surface area contributed by atoms with Crippen LogP contribution in [0.2, 0.25) is 0 Å². The first-order valence-corrected chi connectivity index (χ1v) is 15.9. The largest absolute Gasteiger partial charge is 2.00 e. The van der Waals surface area contributed by atoms with Crippen molar-refractivity contribution in [2.75, 3.05) is 0 Å². The minimum Gasteiger partial charge on any atom is -0.656 e. The monoisotopic (exact) mass is 811 g/mol. The summed E-state index contributed by atoms with van der Waals surface area (Å²) in [4.78, 5) is 15.1. The van der Waals surface area contributed by atoms with Crippen molar-refractivity contribution in [3.63, 3.8) is 0 Å². The van der Waals surface area contributed by atoms with E-state index in [1.807, 2.05) is 47.0 Å². The van der Waals surface area contributed by atoms with E-state index in [4.69, 9.17) is 14.1 Å². The maximum absolute atomic E-state index is 8.04. The Kier molecular flexibility index (Phi) is 6.12. The van der Waals surface area contributed by atoms with E-state index >= 15 is 0 Å². The number of benzene rings is 6. The van der Waals surface area contributed by atoms with E-state index in [9.17, 15) is 0 Å². The maximum atomic E-state index is 8.04. The molecule has 0 aliphatic heterocycles. The average molecular weight is 812 g/mol. The number of para-hydroxylation sites is 5. The van der Waals surface area contributed by atoms with Gasteiger partial charge in [0.1, 0.15) is 11.6 Å². The van der Waals surface area contributed by atoms with Gasteiger partial charge in [0, 0.05) is 27.1 Å². The number of hydrogen-bond acceptors (Lipinski definition) is 2. The Labute approximate surface area is 301 Å². The van der Waals surface area contributed by atoms with Crippen molar-refractivity contribution >= 4 is 54.6 Å². The van der Waals surface area contributed by atoms with Gasteiger partial charge < -0.3 is 9.55 Å². The summed E-state index contributed by atoms with van der Waals surface area (Å²) in [7, 11) is 0. The number of fused-ring (bicyclic) bond motifs is 7. The topological polar surface area (TPSA) is 49.7 Å². The van der Waals surface area contributed by atoms with Gasteiger partial charge in [-0.15, -0.1) is 34.8 Å². The average Bonchev–Trinajstić information content (AvgIpc) is 3.84. The molecule has 0 N–H and O–H groups in total.